The number of aryl methyl sites for hydroxylation is 2. The first-order valence-electron chi connectivity index (χ1n) is 7.99. The zero-order valence-corrected chi connectivity index (χ0v) is 15.5. The minimum atomic E-state index is 0.610. The molecule has 114 valence electrons. The molecule has 3 heteroatoms. The standard InChI is InChI=1S/C17H28BrNS/c1-13(2)19-11-10-17(7-4-5-8-17)9-6-16-15(18)12-14(3)20-16/h12-13,19H,4-11H2,1-3H3. The van der Waals surface area contributed by atoms with Crippen molar-refractivity contribution >= 4 is 27.3 Å². The summed E-state index contributed by atoms with van der Waals surface area (Å²) in [5.41, 5.74) is 0.610. The maximum Gasteiger partial charge on any atom is 0.0317 e. The van der Waals surface area contributed by atoms with Gasteiger partial charge in [-0.1, -0.05) is 26.7 Å². The molecule has 1 aliphatic rings. The molecule has 1 heterocycles. The molecule has 20 heavy (non-hydrogen) atoms. The maximum atomic E-state index is 3.71. The third-order valence-corrected chi connectivity index (χ3v) is 6.72. The van der Waals surface area contributed by atoms with Crippen LogP contribution in [0.1, 0.15) is 62.1 Å². The van der Waals surface area contributed by atoms with Gasteiger partial charge < -0.3 is 5.32 Å². The largest absolute Gasteiger partial charge is 0.315 e. The van der Waals surface area contributed by atoms with Crippen molar-refractivity contribution in [1.29, 1.82) is 0 Å². The van der Waals surface area contributed by atoms with Gasteiger partial charge in [-0.25, -0.2) is 0 Å². The van der Waals surface area contributed by atoms with Crippen molar-refractivity contribution in [1.82, 2.24) is 5.32 Å². The normalized spacial score (nSPS) is 18.1. The van der Waals surface area contributed by atoms with Crippen LogP contribution in [-0.2, 0) is 6.42 Å². The molecule has 1 aromatic rings. The fraction of sp³-hybridized carbons (Fsp3) is 0.765. The number of nitrogens with one attached hydrogen (secondary N) is 1. The Bertz CT molecular complexity index is 419. The van der Waals surface area contributed by atoms with Gasteiger partial charge in [0.25, 0.3) is 0 Å². The summed E-state index contributed by atoms with van der Waals surface area (Å²) >= 11 is 5.68. The van der Waals surface area contributed by atoms with Crippen molar-refractivity contribution in [2.45, 2.75) is 71.8 Å². The molecule has 0 aliphatic heterocycles. The fourth-order valence-corrected chi connectivity index (χ4v) is 5.32. The molecule has 0 saturated heterocycles. The lowest BCUT2D eigenvalue weighted by Crippen LogP contribution is -2.29. The molecular formula is C17H28BrNS. The average molecular weight is 358 g/mol. The lowest BCUT2D eigenvalue weighted by atomic mass is 9.78. The van der Waals surface area contributed by atoms with Crippen LogP contribution in [-0.4, -0.2) is 12.6 Å². The summed E-state index contributed by atoms with van der Waals surface area (Å²) in [7, 11) is 0. The molecule has 0 unspecified atom stereocenters. The van der Waals surface area contributed by atoms with Gasteiger partial charge >= 0.3 is 0 Å². The average Bonchev–Trinajstić information content (AvgIpc) is 2.94. The van der Waals surface area contributed by atoms with E-state index >= 15 is 0 Å². The summed E-state index contributed by atoms with van der Waals surface area (Å²) in [6, 6.07) is 2.88. The van der Waals surface area contributed by atoms with E-state index in [1.807, 2.05) is 11.3 Å². The highest BCUT2D eigenvalue weighted by Crippen LogP contribution is 2.45. The third kappa shape index (κ3) is 4.57. The highest BCUT2D eigenvalue weighted by Gasteiger charge is 2.33. The van der Waals surface area contributed by atoms with Gasteiger partial charge in [0.2, 0.25) is 0 Å². The predicted molar refractivity (Wildman–Crippen MR) is 93.7 cm³/mol. The molecule has 0 aromatic carbocycles. The first kappa shape index (κ1) is 16.5. The summed E-state index contributed by atoms with van der Waals surface area (Å²) in [5, 5.41) is 3.60. The zero-order chi connectivity index (χ0) is 14.6. The van der Waals surface area contributed by atoms with Gasteiger partial charge in [-0.3, -0.25) is 0 Å². The van der Waals surface area contributed by atoms with Crippen molar-refractivity contribution in [3.05, 3.63) is 20.3 Å². The summed E-state index contributed by atoms with van der Waals surface area (Å²) < 4.78 is 1.33. The van der Waals surface area contributed by atoms with Crippen molar-refractivity contribution in [3.63, 3.8) is 0 Å². The lowest BCUT2D eigenvalue weighted by Gasteiger charge is -2.29. The number of rotatable bonds is 7. The van der Waals surface area contributed by atoms with Gasteiger partial charge in [0.15, 0.2) is 0 Å². The number of hydrogen-bond donors (Lipinski definition) is 1. The van der Waals surface area contributed by atoms with Gasteiger partial charge in [-0.05, 0) is 73.0 Å². The van der Waals surface area contributed by atoms with Crippen molar-refractivity contribution in [2.24, 2.45) is 5.41 Å². The highest BCUT2D eigenvalue weighted by molar-refractivity contribution is 9.10. The maximum absolute atomic E-state index is 3.71. The predicted octanol–water partition coefficient (Wildman–Crippen LogP) is 5.70. The first-order valence-corrected chi connectivity index (χ1v) is 9.60. The van der Waals surface area contributed by atoms with Crippen molar-refractivity contribution in [2.75, 3.05) is 6.54 Å². The van der Waals surface area contributed by atoms with E-state index in [1.54, 1.807) is 4.88 Å². The quantitative estimate of drug-likeness (QED) is 0.659. The minimum Gasteiger partial charge on any atom is -0.315 e. The third-order valence-electron chi connectivity index (χ3n) is 4.64. The van der Waals surface area contributed by atoms with E-state index in [9.17, 15) is 0 Å². The summed E-state index contributed by atoms with van der Waals surface area (Å²) in [6.45, 7) is 7.87. The second-order valence-electron chi connectivity index (χ2n) is 6.69. The second kappa shape index (κ2) is 7.42. The van der Waals surface area contributed by atoms with Crippen LogP contribution in [0.3, 0.4) is 0 Å². The first-order chi connectivity index (χ1) is 9.51. The fourth-order valence-electron chi connectivity index (χ4n) is 3.46. The Hall–Kier alpha value is 0.140. The van der Waals surface area contributed by atoms with Crippen LogP contribution in [0.2, 0.25) is 0 Å². The molecule has 2 rings (SSSR count). The molecular weight excluding hydrogens is 330 g/mol. The van der Waals surface area contributed by atoms with E-state index in [2.05, 4.69) is 48.1 Å². The smallest absolute Gasteiger partial charge is 0.0317 e. The molecule has 1 saturated carbocycles. The van der Waals surface area contributed by atoms with Crippen molar-refractivity contribution < 1.29 is 0 Å². The van der Waals surface area contributed by atoms with Crippen LogP contribution in [0.25, 0.3) is 0 Å². The van der Waals surface area contributed by atoms with Crippen molar-refractivity contribution in [3.8, 4) is 0 Å². The van der Waals surface area contributed by atoms with E-state index in [4.69, 9.17) is 0 Å². The topological polar surface area (TPSA) is 12.0 Å². The van der Waals surface area contributed by atoms with E-state index in [1.165, 1.54) is 60.8 Å². The van der Waals surface area contributed by atoms with Crippen LogP contribution in [0, 0.1) is 12.3 Å². The molecule has 1 N–H and O–H groups in total. The molecule has 1 nitrogen and oxygen atoms in total. The Labute approximate surface area is 136 Å². The molecule has 0 amide bonds. The monoisotopic (exact) mass is 357 g/mol. The molecule has 1 aromatic heterocycles. The lowest BCUT2D eigenvalue weighted by molar-refractivity contribution is 0.243. The Morgan fingerprint density at radius 1 is 1.30 bits per heavy atom. The Balaban J connectivity index is 1.90. The van der Waals surface area contributed by atoms with Crippen LogP contribution in [0.15, 0.2) is 10.5 Å². The number of thiophene rings is 1. The summed E-state index contributed by atoms with van der Waals surface area (Å²) in [5.74, 6) is 0. The molecule has 1 fully saturated rings. The second-order valence-corrected chi connectivity index (χ2v) is 8.89. The Morgan fingerprint density at radius 2 is 2.00 bits per heavy atom. The van der Waals surface area contributed by atoms with E-state index < -0.39 is 0 Å². The minimum absolute atomic E-state index is 0.610. The van der Waals surface area contributed by atoms with Crippen LogP contribution < -0.4 is 5.32 Å². The zero-order valence-electron chi connectivity index (χ0n) is 13.1. The van der Waals surface area contributed by atoms with Crippen LogP contribution >= 0.6 is 27.3 Å². The van der Waals surface area contributed by atoms with Gasteiger partial charge in [0, 0.05) is 20.3 Å². The number of hydrogen-bond acceptors (Lipinski definition) is 2. The summed E-state index contributed by atoms with van der Waals surface area (Å²) in [4.78, 5) is 2.97. The van der Waals surface area contributed by atoms with Gasteiger partial charge in [0.1, 0.15) is 0 Å². The summed E-state index contributed by atoms with van der Waals surface area (Å²) in [6.07, 6.45) is 9.72. The number of halogens is 1. The molecule has 0 bridgehead atoms. The SMILES string of the molecule is Cc1cc(Br)c(CCC2(CCNC(C)C)CCCC2)s1. The Morgan fingerprint density at radius 3 is 2.55 bits per heavy atom. The molecule has 0 spiro atoms. The Kier molecular flexibility index (Phi) is 6.12. The van der Waals surface area contributed by atoms with E-state index in [-0.39, 0.29) is 0 Å². The molecule has 0 radical (unpaired) electrons. The van der Waals surface area contributed by atoms with Crippen LogP contribution in [0.5, 0.6) is 0 Å². The van der Waals surface area contributed by atoms with E-state index in [0.717, 1.165) is 0 Å². The highest BCUT2D eigenvalue weighted by atomic mass is 79.9. The molecule has 1 aliphatic carbocycles. The van der Waals surface area contributed by atoms with Gasteiger partial charge in [0.05, 0.1) is 0 Å². The molecule has 0 atom stereocenters. The van der Waals surface area contributed by atoms with Gasteiger partial charge in [-0.2, -0.15) is 0 Å². The van der Waals surface area contributed by atoms with Crippen LogP contribution in [0.4, 0.5) is 0 Å². The van der Waals surface area contributed by atoms with Gasteiger partial charge in [-0.15, -0.1) is 11.3 Å². The van der Waals surface area contributed by atoms with E-state index in [0.29, 0.717) is 11.5 Å².